The average molecular weight is 216 g/mol. The van der Waals surface area contributed by atoms with Crippen LogP contribution in [0.1, 0.15) is 29.6 Å². The summed E-state index contributed by atoms with van der Waals surface area (Å²) >= 11 is 0. The Morgan fingerprint density at radius 1 is 1.00 bits per heavy atom. The van der Waals surface area contributed by atoms with Crippen LogP contribution in [0.3, 0.4) is 0 Å². The molecule has 0 fully saturated rings. The van der Waals surface area contributed by atoms with Gasteiger partial charge in [-0.05, 0) is 19.3 Å². The van der Waals surface area contributed by atoms with E-state index in [1.807, 2.05) is 6.07 Å². The molecule has 0 radical (unpaired) electrons. The lowest BCUT2D eigenvalue weighted by Gasteiger charge is -2.03. The number of carboxylic acid groups (broad SMARTS) is 1. The van der Waals surface area contributed by atoms with Crippen molar-refractivity contribution in [3.05, 3.63) is 47.0 Å². The molecule has 1 aliphatic rings. The summed E-state index contributed by atoms with van der Waals surface area (Å²) in [6.45, 7) is 0. The molecule has 2 rings (SSSR count). The third-order valence-corrected chi connectivity index (χ3v) is 2.79. The molecule has 0 bridgehead atoms. The van der Waals surface area contributed by atoms with Crippen LogP contribution in [0.25, 0.3) is 0 Å². The molecule has 16 heavy (non-hydrogen) atoms. The van der Waals surface area contributed by atoms with Gasteiger partial charge < -0.3 is 5.11 Å². The summed E-state index contributed by atoms with van der Waals surface area (Å²) in [4.78, 5) is 23.0. The first-order valence-corrected chi connectivity index (χ1v) is 5.25. The number of hydrogen-bond acceptors (Lipinski definition) is 2. The molecule has 3 heteroatoms. The van der Waals surface area contributed by atoms with Crippen molar-refractivity contribution in [1.29, 1.82) is 0 Å². The van der Waals surface area contributed by atoms with E-state index in [1.165, 1.54) is 0 Å². The third-order valence-electron chi connectivity index (χ3n) is 2.79. The van der Waals surface area contributed by atoms with Gasteiger partial charge in [0.1, 0.15) is 0 Å². The number of rotatable bonds is 3. The summed E-state index contributed by atoms with van der Waals surface area (Å²) in [5, 5.41) is 8.97. The number of aliphatic carboxylic acids is 1. The fourth-order valence-corrected chi connectivity index (χ4v) is 1.99. The molecule has 1 aromatic carbocycles. The molecule has 0 amide bonds. The van der Waals surface area contributed by atoms with E-state index in [1.54, 1.807) is 24.3 Å². The van der Waals surface area contributed by atoms with Crippen molar-refractivity contribution in [2.24, 2.45) is 0 Å². The van der Waals surface area contributed by atoms with Gasteiger partial charge in [-0.3, -0.25) is 4.79 Å². The van der Waals surface area contributed by atoms with E-state index in [4.69, 9.17) is 5.11 Å². The van der Waals surface area contributed by atoms with Crippen molar-refractivity contribution >= 4 is 11.8 Å². The Balaban J connectivity index is 2.36. The van der Waals surface area contributed by atoms with Crippen molar-refractivity contribution in [3.63, 3.8) is 0 Å². The zero-order chi connectivity index (χ0) is 11.5. The fraction of sp³-hybridized carbons (Fsp3) is 0.231. The Hall–Kier alpha value is -1.90. The van der Waals surface area contributed by atoms with Crippen molar-refractivity contribution in [2.45, 2.75) is 19.3 Å². The van der Waals surface area contributed by atoms with Crippen LogP contribution in [-0.4, -0.2) is 16.9 Å². The maximum absolute atomic E-state index is 12.0. The Labute approximate surface area is 93.4 Å². The number of carbonyl (C=O) groups excluding carboxylic acids is 1. The number of carboxylic acids is 1. The standard InChI is InChI=1S/C13H12O3/c14-12(9-5-2-1-3-6-9)10-7-4-8-11(10)13(15)16/h1-3,5-6H,4,7-8H2,(H,15,16). The van der Waals surface area contributed by atoms with Crippen LogP contribution in [0.5, 0.6) is 0 Å². The number of ketones is 1. The van der Waals surface area contributed by atoms with Gasteiger partial charge in [-0.2, -0.15) is 0 Å². The van der Waals surface area contributed by atoms with Gasteiger partial charge in [-0.1, -0.05) is 30.3 Å². The van der Waals surface area contributed by atoms with Crippen molar-refractivity contribution < 1.29 is 14.7 Å². The molecule has 0 unspecified atom stereocenters. The Morgan fingerprint density at radius 2 is 1.62 bits per heavy atom. The Morgan fingerprint density at radius 3 is 2.25 bits per heavy atom. The van der Waals surface area contributed by atoms with Crippen molar-refractivity contribution in [2.75, 3.05) is 0 Å². The fourth-order valence-electron chi connectivity index (χ4n) is 1.99. The zero-order valence-electron chi connectivity index (χ0n) is 8.77. The van der Waals surface area contributed by atoms with Crippen LogP contribution >= 0.6 is 0 Å². The molecule has 0 saturated heterocycles. The number of Topliss-reactive ketones (excluding diaryl/α,β-unsaturated/α-hetero) is 1. The van der Waals surface area contributed by atoms with E-state index >= 15 is 0 Å². The minimum Gasteiger partial charge on any atom is -0.478 e. The normalized spacial score (nSPS) is 15.2. The highest BCUT2D eigenvalue weighted by Crippen LogP contribution is 2.28. The molecule has 0 spiro atoms. The summed E-state index contributed by atoms with van der Waals surface area (Å²) in [5.41, 5.74) is 1.32. The minimum absolute atomic E-state index is 0.143. The lowest BCUT2D eigenvalue weighted by Crippen LogP contribution is -2.07. The Bertz CT molecular complexity index is 457. The molecule has 1 N–H and O–H groups in total. The van der Waals surface area contributed by atoms with Gasteiger partial charge in [0.2, 0.25) is 0 Å². The molecular formula is C13H12O3. The molecule has 1 aromatic rings. The lowest BCUT2D eigenvalue weighted by molar-refractivity contribution is -0.132. The van der Waals surface area contributed by atoms with Crippen molar-refractivity contribution in [3.8, 4) is 0 Å². The topological polar surface area (TPSA) is 54.4 Å². The quantitative estimate of drug-likeness (QED) is 0.789. The first kappa shape index (κ1) is 10.6. The SMILES string of the molecule is O=C(O)C1=C(C(=O)c2ccccc2)CCC1. The maximum atomic E-state index is 12.0. The van der Waals surface area contributed by atoms with Gasteiger partial charge in [0.05, 0.1) is 0 Å². The monoisotopic (exact) mass is 216 g/mol. The molecule has 1 aliphatic carbocycles. The second kappa shape index (κ2) is 4.31. The number of carbonyl (C=O) groups is 2. The van der Waals surface area contributed by atoms with Crippen LogP contribution in [0.2, 0.25) is 0 Å². The highest BCUT2D eigenvalue weighted by molar-refractivity contribution is 6.13. The summed E-state index contributed by atoms with van der Waals surface area (Å²) in [5.74, 6) is -1.10. The van der Waals surface area contributed by atoms with Crippen LogP contribution in [0, 0.1) is 0 Å². The highest BCUT2D eigenvalue weighted by Gasteiger charge is 2.25. The van der Waals surface area contributed by atoms with E-state index in [-0.39, 0.29) is 11.4 Å². The van der Waals surface area contributed by atoms with Gasteiger partial charge >= 0.3 is 5.97 Å². The molecule has 3 nitrogen and oxygen atoms in total. The van der Waals surface area contributed by atoms with Crippen molar-refractivity contribution in [1.82, 2.24) is 0 Å². The Kier molecular flexibility index (Phi) is 2.86. The first-order valence-electron chi connectivity index (χ1n) is 5.25. The van der Waals surface area contributed by atoms with E-state index in [2.05, 4.69) is 0 Å². The summed E-state index contributed by atoms with van der Waals surface area (Å²) < 4.78 is 0. The molecular weight excluding hydrogens is 204 g/mol. The minimum atomic E-state index is -0.961. The second-order valence-corrected chi connectivity index (χ2v) is 3.81. The molecule has 0 atom stereocenters. The zero-order valence-corrected chi connectivity index (χ0v) is 8.77. The van der Waals surface area contributed by atoms with Crippen LogP contribution in [0.4, 0.5) is 0 Å². The molecule has 82 valence electrons. The van der Waals surface area contributed by atoms with Crippen LogP contribution < -0.4 is 0 Å². The van der Waals surface area contributed by atoms with E-state index in [0.29, 0.717) is 24.0 Å². The van der Waals surface area contributed by atoms with E-state index < -0.39 is 5.97 Å². The van der Waals surface area contributed by atoms with Gasteiger partial charge in [-0.25, -0.2) is 4.79 Å². The summed E-state index contributed by atoms with van der Waals surface area (Å²) in [6.07, 6.45) is 1.84. The largest absolute Gasteiger partial charge is 0.478 e. The highest BCUT2D eigenvalue weighted by atomic mass is 16.4. The van der Waals surface area contributed by atoms with E-state index in [0.717, 1.165) is 6.42 Å². The summed E-state index contributed by atoms with van der Waals surface area (Å²) in [6, 6.07) is 8.82. The number of benzene rings is 1. The van der Waals surface area contributed by atoms with Gasteiger partial charge in [-0.15, -0.1) is 0 Å². The number of allylic oxidation sites excluding steroid dienone is 1. The van der Waals surface area contributed by atoms with E-state index in [9.17, 15) is 9.59 Å². The smallest absolute Gasteiger partial charge is 0.331 e. The predicted molar refractivity (Wildman–Crippen MR) is 59.3 cm³/mol. The van der Waals surface area contributed by atoms with Crippen LogP contribution in [-0.2, 0) is 4.79 Å². The van der Waals surface area contributed by atoms with Crippen LogP contribution in [0.15, 0.2) is 41.5 Å². The molecule has 0 saturated carbocycles. The number of hydrogen-bond donors (Lipinski definition) is 1. The second-order valence-electron chi connectivity index (χ2n) is 3.81. The average Bonchev–Trinajstić information content (AvgIpc) is 2.78. The molecule has 0 heterocycles. The molecule has 0 aliphatic heterocycles. The predicted octanol–water partition coefficient (Wildman–Crippen LogP) is 2.43. The molecule has 0 aromatic heterocycles. The third kappa shape index (κ3) is 1.89. The summed E-state index contributed by atoms with van der Waals surface area (Å²) in [7, 11) is 0. The first-order chi connectivity index (χ1) is 7.70. The lowest BCUT2D eigenvalue weighted by atomic mass is 10.0. The van der Waals surface area contributed by atoms with Gasteiger partial charge in [0, 0.05) is 16.7 Å². The van der Waals surface area contributed by atoms with Gasteiger partial charge in [0.25, 0.3) is 0 Å². The van der Waals surface area contributed by atoms with Gasteiger partial charge in [0.15, 0.2) is 5.78 Å². The maximum Gasteiger partial charge on any atom is 0.331 e.